The minimum absolute atomic E-state index is 0.300. The molecule has 2 aromatic rings. The number of benzene rings is 2. The molecule has 0 fully saturated rings. The minimum Gasteiger partial charge on any atom is -0.397 e. The Balaban J connectivity index is 0.00000127. The quantitative estimate of drug-likeness (QED) is 0.757. The number of anilines is 2. The summed E-state index contributed by atoms with van der Waals surface area (Å²) in [4.78, 5) is 11.9. The van der Waals surface area contributed by atoms with Crippen LogP contribution in [-0.2, 0) is 6.42 Å². The number of carbonyl (C=O) groups is 1. The highest BCUT2D eigenvalue weighted by Gasteiger charge is 2.07. The van der Waals surface area contributed by atoms with E-state index >= 15 is 0 Å². The van der Waals surface area contributed by atoms with Gasteiger partial charge in [-0.2, -0.15) is 0 Å². The molecule has 0 spiro atoms. The van der Waals surface area contributed by atoms with Crippen molar-refractivity contribution in [3.8, 4) is 0 Å². The minimum atomic E-state index is -0.898. The predicted octanol–water partition coefficient (Wildman–Crippen LogP) is 3.13. The van der Waals surface area contributed by atoms with Gasteiger partial charge in [-0.1, -0.05) is 19.9 Å². The number of halogens is 2. The van der Waals surface area contributed by atoms with Crippen LogP contribution in [-0.4, -0.2) is 12.5 Å². The average Bonchev–Trinajstić information content (AvgIpc) is 2.55. The number of hydrogen-bond acceptors (Lipinski definition) is 3. The van der Waals surface area contributed by atoms with Gasteiger partial charge in [0.25, 0.3) is 5.91 Å². The number of hydrogen-bond donors (Lipinski definition) is 3. The Morgan fingerprint density at radius 1 is 1.00 bits per heavy atom. The van der Waals surface area contributed by atoms with Crippen LogP contribution in [0.1, 0.15) is 29.8 Å². The van der Waals surface area contributed by atoms with Crippen LogP contribution in [0.3, 0.4) is 0 Å². The second-order valence-corrected chi connectivity index (χ2v) is 4.60. The molecular weight excluding hydrogens is 300 g/mol. The fourth-order valence-electron chi connectivity index (χ4n) is 1.83. The number of nitrogens with one attached hydrogen (secondary N) is 1. The van der Waals surface area contributed by atoms with Gasteiger partial charge in [0.1, 0.15) is 0 Å². The van der Waals surface area contributed by atoms with Crippen molar-refractivity contribution in [2.75, 3.05) is 18.0 Å². The first kappa shape index (κ1) is 18.4. The molecule has 4 nitrogen and oxygen atoms in total. The molecule has 124 valence electrons. The fraction of sp³-hybridized carbons (Fsp3) is 0.235. The van der Waals surface area contributed by atoms with Crippen LogP contribution in [0.4, 0.5) is 20.2 Å². The number of nitrogens with two attached hydrogens (primary N) is 2. The van der Waals surface area contributed by atoms with Crippen LogP contribution in [0.25, 0.3) is 0 Å². The third-order valence-corrected chi connectivity index (χ3v) is 3.03. The molecule has 0 radical (unpaired) electrons. The van der Waals surface area contributed by atoms with E-state index in [1.54, 1.807) is 12.1 Å². The van der Waals surface area contributed by atoms with Crippen LogP contribution >= 0.6 is 0 Å². The molecule has 0 heterocycles. The summed E-state index contributed by atoms with van der Waals surface area (Å²) in [6.45, 7) is 4.30. The van der Waals surface area contributed by atoms with Gasteiger partial charge in [-0.05, 0) is 42.3 Å². The lowest BCUT2D eigenvalue weighted by Gasteiger charge is -2.07. The lowest BCUT2D eigenvalue weighted by molar-refractivity contribution is 0.0954. The van der Waals surface area contributed by atoms with Gasteiger partial charge in [-0.25, -0.2) is 8.78 Å². The molecule has 1 amide bonds. The van der Waals surface area contributed by atoms with Gasteiger partial charge in [0, 0.05) is 12.1 Å². The maximum absolute atomic E-state index is 13.0. The van der Waals surface area contributed by atoms with Gasteiger partial charge in [-0.15, -0.1) is 0 Å². The Morgan fingerprint density at radius 3 is 2.30 bits per heavy atom. The molecule has 23 heavy (non-hydrogen) atoms. The summed E-state index contributed by atoms with van der Waals surface area (Å²) >= 11 is 0. The topological polar surface area (TPSA) is 81.1 Å². The maximum Gasteiger partial charge on any atom is 0.251 e. The van der Waals surface area contributed by atoms with Crippen LogP contribution in [0.15, 0.2) is 36.4 Å². The summed E-state index contributed by atoms with van der Waals surface area (Å²) < 4.78 is 25.8. The molecule has 0 unspecified atom stereocenters. The van der Waals surface area contributed by atoms with Crippen molar-refractivity contribution in [1.29, 1.82) is 0 Å². The Hall–Kier alpha value is -2.63. The average molecular weight is 321 g/mol. The van der Waals surface area contributed by atoms with Crippen LogP contribution in [0.5, 0.6) is 0 Å². The molecule has 2 aromatic carbocycles. The van der Waals surface area contributed by atoms with Crippen molar-refractivity contribution in [2.45, 2.75) is 20.3 Å². The summed E-state index contributed by atoms with van der Waals surface area (Å²) in [7, 11) is 0. The smallest absolute Gasteiger partial charge is 0.251 e. The maximum atomic E-state index is 13.0. The Kier molecular flexibility index (Phi) is 6.99. The Labute approximate surface area is 134 Å². The second-order valence-electron chi connectivity index (χ2n) is 4.60. The van der Waals surface area contributed by atoms with Crippen molar-refractivity contribution in [2.24, 2.45) is 0 Å². The SMILES string of the molecule is CC.Nc1ccc(C(=O)NCCc2ccc(F)c(F)c2)cc1N. The Bertz CT molecular complexity index is 675. The zero-order chi connectivity index (χ0) is 17.4. The molecule has 0 saturated carbocycles. The molecule has 2 rings (SSSR count). The number of amides is 1. The highest BCUT2D eigenvalue weighted by atomic mass is 19.2. The first-order valence-electron chi connectivity index (χ1n) is 7.34. The molecular formula is C17H21F2N3O. The molecule has 0 aromatic heterocycles. The van der Waals surface area contributed by atoms with Crippen LogP contribution < -0.4 is 16.8 Å². The van der Waals surface area contributed by atoms with Crippen molar-refractivity contribution in [3.05, 3.63) is 59.2 Å². The van der Waals surface area contributed by atoms with Crippen LogP contribution in [0.2, 0.25) is 0 Å². The largest absolute Gasteiger partial charge is 0.397 e. The van der Waals surface area contributed by atoms with Crippen molar-refractivity contribution in [3.63, 3.8) is 0 Å². The first-order valence-corrected chi connectivity index (χ1v) is 7.34. The van der Waals surface area contributed by atoms with E-state index in [4.69, 9.17) is 11.5 Å². The zero-order valence-electron chi connectivity index (χ0n) is 13.2. The van der Waals surface area contributed by atoms with Gasteiger partial charge in [0.2, 0.25) is 0 Å². The van der Waals surface area contributed by atoms with E-state index in [1.807, 2.05) is 13.8 Å². The summed E-state index contributed by atoms with van der Waals surface area (Å²) in [5, 5.41) is 2.68. The third kappa shape index (κ3) is 5.25. The lowest BCUT2D eigenvalue weighted by Crippen LogP contribution is -2.25. The molecule has 0 aliphatic heterocycles. The summed E-state index contributed by atoms with van der Waals surface area (Å²) in [5.41, 5.74) is 12.9. The molecule has 0 atom stereocenters. The first-order chi connectivity index (χ1) is 11.0. The summed E-state index contributed by atoms with van der Waals surface area (Å²) in [5.74, 6) is -2.09. The molecule has 0 bridgehead atoms. The van der Waals surface area contributed by atoms with Gasteiger partial charge in [-0.3, -0.25) is 4.79 Å². The monoisotopic (exact) mass is 321 g/mol. The standard InChI is InChI=1S/C15H15F2N3O.C2H6/c16-11-3-1-9(7-12(11)17)5-6-20-15(21)10-2-4-13(18)14(19)8-10;1-2/h1-4,7-8H,5-6,18-19H2,(H,20,21);1-2H3. The number of rotatable bonds is 4. The highest BCUT2D eigenvalue weighted by Crippen LogP contribution is 2.15. The third-order valence-electron chi connectivity index (χ3n) is 3.03. The van der Waals surface area contributed by atoms with Gasteiger partial charge < -0.3 is 16.8 Å². The highest BCUT2D eigenvalue weighted by molar-refractivity contribution is 5.95. The van der Waals surface area contributed by atoms with E-state index in [1.165, 1.54) is 12.1 Å². The molecule has 0 aliphatic rings. The molecule has 0 aliphatic carbocycles. The zero-order valence-corrected chi connectivity index (χ0v) is 13.2. The lowest BCUT2D eigenvalue weighted by atomic mass is 10.1. The van der Waals surface area contributed by atoms with Crippen LogP contribution in [0, 0.1) is 11.6 Å². The van der Waals surface area contributed by atoms with E-state index in [0.29, 0.717) is 35.5 Å². The fourth-order valence-corrected chi connectivity index (χ4v) is 1.83. The van der Waals surface area contributed by atoms with Gasteiger partial charge >= 0.3 is 0 Å². The van der Waals surface area contributed by atoms with E-state index < -0.39 is 11.6 Å². The predicted molar refractivity (Wildman–Crippen MR) is 89.0 cm³/mol. The van der Waals surface area contributed by atoms with Crippen molar-refractivity contribution in [1.82, 2.24) is 5.32 Å². The summed E-state index contributed by atoms with van der Waals surface area (Å²) in [6.07, 6.45) is 0.396. The van der Waals surface area contributed by atoms with E-state index in [2.05, 4.69) is 5.32 Å². The molecule has 0 saturated heterocycles. The van der Waals surface area contributed by atoms with Crippen molar-refractivity contribution < 1.29 is 13.6 Å². The number of carbonyl (C=O) groups excluding carboxylic acids is 1. The van der Waals surface area contributed by atoms with Gasteiger partial charge in [0.05, 0.1) is 11.4 Å². The second kappa shape index (κ2) is 8.73. The van der Waals surface area contributed by atoms with E-state index in [-0.39, 0.29) is 5.91 Å². The van der Waals surface area contributed by atoms with E-state index in [9.17, 15) is 13.6 Å². The normalized spacial score (nSPS) is 9.74. The number of nitrogen functional groups attached to an aromatic ring is 2. The van der Waals surface area contributed by atoms with Gasteiger partial charge in [0.15, 0.2) is 11.6 Å². The molecule has 5 N–H and O–H groups in total. The van der Waals surface area contributed by atoms with E-state index in [0.717, 1.165) is 12.1 Å². The summed E-state index contributed by atoms with van der Waals surface area (Å²) in [6, 6.07) is 8.27. The molecule has 6 heteroatoms. The Morgan fingerprint density at radius 2 is 1.70 bits per heavy atom. The van der Waals surface area contributed by atoms with Crippen molar-refractivity contribution >= 4 is 17.3 Å².